The highest BCUT2D eigenvalue weighted by molar-refractivity contribution is 5.92. The molecule has 28 heavy (non-hydrogen) atoms. The van der Waals surface area contributed by atoms with Gasteiger partial charge in [0.05, 0.1) is 6.54 Å². The molecular formula is C21H26N4O3. The summed E-state index contributed by atoms with van der Waals surface area (Å²) in [5.41, 5.74) is 2.26. The Morgan fingerprint density at radius 2 is 1.89 bits per heavy atom. The van der Waals surface area contributed by atoms with Gasteiger partial charge in [-0.15, -0.1) is 0 Å². The minimum atomic E-state index is -0.217. The van der Waals surface area contributed by atoms with Gasteiger partial charge in [-0.1, -0.05) is 26.0 Å². The summed E-state index contributed by atoms with van der Waals surface area (Å²) in [5.74, 6) is 0.604. The lowest BCUT2D eigenvalue weighted by Crippen LogP contribution is -2.36. The summed E-state index contributed by atoms with van der Waals surface area (Å²) in [5, 5.41) is 5.84. The number of carbonyl (C=O) groups is 2. The molecule has 4 rings (SSSR count). The molecule has 2 aliphatic carbocycles. The first kappa shape index (κ1) is 18.5. The highest BCUT2D eigenvalue weighted by atomic mass is 16.3. The van der Waals surface area contributed by atoms with Crippen LogP contribution in [0, 0.1) is 0 Å². The molecule has 0 saturated heterocycles. The van der Waals surface area contributed by atoms with Gasteiger partial charge in [0.25, 0.3) is 5.91 Å². The van der Waals surface area contributed by atoms with Crippen molar-refractivity contribution < 1.29 is 14.0 Å². The van der Waals surface area contributed by atoms with Crippen LogP contribution in [0.1, 0.15) is 67.4 Å². The standard InChI is InChI=1S/C21H26N4O3/c1-13(2)14-3-5-16(6-4-14)23-21(27)25(17-9-10-17)11-19-24-18(12-28-19)20(26)22-15-7-8-15/h3-6,12-13,15,17H,7-11H2,1-2H3,(H,22,26)(H,23,27). The molecule has 7 heteroatoms. The van der Waals surface area contributed by atoms with Gasteiger partial charge >= 0.3 is 6.03 Å². The molecule has 0 unspecified atom stereocenters. The van der Waals surface area contributed by atoms with E-state index in [9.17, 15) is 9.59 Å². The zero-order chi connectivity index (χ0) is 19.7. The van der Waals surface area contributed by atoms with E-state index in [1.807, 2.05) is 24.3 Å². The average molecular weight is 382 g/mol. The lowest BCUT2D eigenvalue weighted by Gasteiger charge is -2.21. The third-order valence-electron chi connectivity index (χ3n) is 5.08. The van der Waals surface area contributed by atoms with Crippen molar-refractivity contribution in [1.29, 1.82) is 0 Å². The van der Waals surface area contributed by atoms with E-state index in [0.29, 0.717) is 11.8 Å². The summed E-state index contributed by atoms with van der Waals surface area (Å²) in [6.07, 6.45) is 5.33. The summed E-state index contributed by atoms with van der Waals surface area (Å²) in [6, 6.07) is 8.17. The maximum atomic E-state index is 12.8. The summed E-state index contributed by atoms with van der Waals surface area (Å²) < 4.78 is 5.45. The molecule has 1 aromatic heterocycles. The number of carbonyl (C=O) groups excluding carboxylic acids is 2. The number of rotatable bonds is 7. The van der Waals surface area contributed by atoms with Crippen LogP contribution < -0.4 is 10.6 Å². The van der Waals surface area contributed by atoms with Crippen LogP contribution in [0.25, 0.3) is 0 Å². The number of hydrogen-bond acceptors (Lipinski definition) is 4. The molecule has 7 nitrogen and oxygen atoms in total. The predicted molar refractivity (Wildman–Crippen MR) is 105 cm³/mol. The minimum Gasteiger partial charge on any atom is -0.446 e. The van der Waals surface area contributed by atoms with Crippen LogP contribution in [-0.2, 0) is 6.54 Å². The molecule has 2 aromatic rings. The van der Waals surface area contributed by atoms with Crippen LogP contribution >= 0.6 is 0 Å². The monoisotopic (exact) mass is 382 g/mol. The molecule has 2 N–H and O–H groups in total. The predicted octanol–water partition coefficient (Wildman–Crippen LogP) is 3.89. The van der Waals surface area contributed by atoms with E-state index < -0.39 is 0 Å². The second kappa shape index (κ2) is 7.66. The molecule has 0 bridgehead atoms. The first-order valence-electron chi connectivity index (χ1n) is 9.92. The Hall–Kier alpha value is -2.83. The van der Waals surface area contributed by atoms with E-state index in [1.54, 1.807) is 4.90 Å². The second-order valence-electron chi connectivity index (χ2n) is 7.94. The molecule has 2 aliphatic rings. The third kappa shape index (κ3) is 4.52. The zero-order valence-corrected chi connectivity index (χ0v) is 16.3. The number of anilines is 1. The van der Waals surface area contributed by atoms with Gasteiger partial charge in [-0.25, -0.2) is 9.78 Å². The van der Waals surface area contributed by atoms with Gasteiger partial charge < -0.3 is 20.0 Å². The number of nitrogens with zero attached hydrogens (tertiary/aromatic N) is 2. The van der Waals surface area contributed by atoms with E-state index >= 15 is 0 Å². The molecule has 0 spiro atoms. The molecule has 1 heterocycles. The molecule has 148 valence electrons. The Morgan fingerprint density at radius 3 is 2.50 bits per heavy atom. The Balaban J connectivity index is 1.39. The molecule has 3 amide bonds. The van der Waals surface area contributed by atoms with Gasteiger partial charge in [-0.3, -0.25) is 4.79 Å². The molecule has 0 radical (unpaired) electrons. The Labute approximate surface area is 164 Å². The number of urea groups is 1. The van der Waals surface area contributed by atoms with Gasteiger partial charge in [0.15, 0.2) is 5.69 Å². The largest absolute Gasteiger partial charge is 0.446 e. The van der Waals surface area contributed by atoms with Crippen LogP contribution in [0.2, 0.25) is 0 Å². The number of benzene rings is 1. The average Bonchev–Trinajstić information content (AvgIpc) is 3.60. The second-order valence-corrected chi connectivity index (χ2v) is 7.94. The van der Waals surface area contributed by atoms with Crippen molar-refractivity contribution in [1.82, 2.24) is 15.2 Å². The van der Waals surface area contributed by atoms with Crippen molar-refractivity contribution >= 4 is 17.6 Å². The molecule has 2 fully saturated rings. The van der Waals surface area contributed by atoms with Crippen molar-refractivity contribution in [3.63, 3.8) is 0 Å². The van der Waals surface area contributed by atoms with Gasteiger partial charge in [0.1, 0.15) is 6.26 Å². The van der Waals surface area contributed by atoms with Gasteiger partial charge in [0, 0.05) is 17.8 Å². The Morgan fingerprint density at radius 1 is 1.18 bits per heavy atom. The van der Waals surface area contributed by atoms with Crippen LogP contribution in [-0.4, -0.2) is 33.9 Å². The number of amides is 3. The van der Waals surface area contributed by atoms with Crippen molar-refractivity contribution in [2.45, 2.75) is 64.1 Å². The van der Waals surface area contributed by atoms with Crippen LogP contribution in [0.5, 0.6) is 0 Å². The molecular weight excluding hydrogens is 356 g/mol. The normalized spacial score (nSPS) is 16.1. The summed E-state index contributed by atoms with van der Waals surface area (Å²) in [7, 11) is 0. The zero-order valence-electron chi connectivity index (χ0n) is 16.3. The number of oxazole rings is 1. The quantitative estimate of drug-likeness (QED) is 0.760. The van der Waals surface area contributed by atoms with Gasteiger partial charge in [-0.2, -0.15) is 0 Å². The summed E-state index contributed by atoms with van der Waals surface area (Å²) in [6.45, 7) is 4.52. The first-order valence-corrected chi connectivity index (χ1v) is 9.92. The lowest BCUT2D eigenvalue weighted by atomic mass is 10.0. The van der Waals surface area contributed by atoms with E-state index in [1.165, 1.54) is 11.8 Å². The molecule has 1 aromatic carbocycles. The number of hydrogen-bond donors (Lipinski definition) is 2. The number of nitrogens with one attached hydrogen (secondary N) is 2. The Kier molecular flexibility index (Phi) is 5.07. The highest BCUT2D eigenvalue weighted by Crippen LogP contribution is 2.29. The van der Waals surface area contributed by atoms with E-state index in [4.69, 9.17) is 4.42 Å². The molecule has 2 saturated carbocycles. The maximum absolute atomic E-state index is 12.8. The molecule has 0 aliphatic heterocycles. The molecule has 0 atom stereocenters. The first-order chi connectivity index (χ1) is 13.5. The van der Waals surface area contributed by atoms with Crippen LogP contribution in [0.15, 0.2) is 34.9 Å². The lowest BCUT2D eigenvalue weighted by molar-refractivity contribution is 0.0946. The smallest absolute Gasteiger partial charge is 0.322 e. The van der Waals surface area contributed by atoms with Gasteiger partial charge in [-0.05, 0) is 49.3 Å². The minimum absolute atomic E-state index is 0.179. The van der Waals surface area contributed by atoms with E-state index in [2.05, 4.69) is 29.5 Å². The van der Waals surface area contributed by atoms with Crippen LogP contribution in [0.4, 0.5) is 10.5 Å². The van der Waals surface area contributed by atoms with Gasteiger partial charge in [0.2, 0.25) is 5.89 Å². The van der Waals surface area contributed by atoms with Crippen molar-refractivity contribution in [3.8, 4) is 0 Å². The summed E-state index contributed by atoms with van der Waals surface area (Å²) >= 11 is 0. The van der Waals surface area contributed by atoms with E-state index in [0.717, 1.165) is 31.4 Å². The fourth-order valence-corrected chi connectivity index (χ4v) is 3.02. The fraction of sp³-hybridized carbons (Fsp3) is 0.476. The number of aromatic nitrogens is 1. The Bertz CT molecular complexity index is 851. The topological polar surface area (TPSA) is 87.5 Å². The summed E-state index contributed by atoms with van der Waals surface area (Å²) in [4.78, 5) is 30.8. The van der Waals surface area contributed by atoms with Crippen molar-refractivity contribution in [2.24, 2.45) is 0 Å². The third-order valence-corrected chi connectivity index (χ3v) is 5.08. The van der Waals surface area contributed by atoms with E-state index in [-0.39, 0.29) is 36.3 Å². The SMILES string of the molecule is CC(C)c1ccc(NC(=O)N(Cc2nc(C(=O)NC3CC3)co2)C2CC2)cc1. The van der Waals surface area contributed by atoms with Crippen LogP contribution in [0.3, 0.4) is 0 Å². The fourth-order valence-electron chi connectivity index (χ4n) is 3.02. The van der Waals surface area contributed by atoms with Crippen molar-refractivity contribution in [2.75, 3.05) is 5.32 Å². The highest BCUT2D eigenvalue weighted by Gasteiger charge is 2.34. The maximum Gasteiger partial charge on any atom is 0.322 e. The van der Waals surface area contributed by atoms with Crippen molar-refractivity contribution in [3.05, 3.63) is 47.7 Å².